The van der Waals surface area contributed by atoms with Crippen LogP contribution in [0, 0.1) is 0 Å². The summed E-state index contributed by atoms with van der Waals surface area (Å²) in [7, 11) is 3.31. The Morgan fingerprint density at radius 3 is 1.64 bits per heavy atom. The van der Waals surface area contributed by atoms with Crippen molar-refractivity contribution in [2.75, 3.05) is 14.2 Å². The fourth-order valence-corrected chi connectivity index (χ4v) is 3.44. The van der Waals surface area contributed by atoms with Gasteiger partial charge in [0.05, 0.1) is 24.2 Å². The van der Waals surface area contributed by atoms with E-state index in [0.29, 0.717) is 24.3 Å². The number of pyridine rings is 2. The van der Waals surface area contributed by atoms with E-state index in [4.69, 9.17) is 9.47 Å². The zero-order chi connectivity index (χ0) is 19.5. The fraction of sp³-hybridized carbons (Fsp3) is 0.174. The third-order valence-electron chi connectivity index (χ3n) is 4.72. The average molecular weight is 372 g/mol. The van der Waals surface area contributed by atoms with Gasteiger partial charge in [-0.15, -0.1) is 0 Å². The van der Waals surface area contributed by atoms with Crippen molar-refractivity contribution in [2.24, 2.45) is 0 Å². The lowest BCUT2D eigenvalue weighted by Crippen LogP contribution is -2.05. The molecule has 2 heterocycles. The molecule has 140 valence electrons. The summed E-state index contributed by atoms with van der Waals surface area (Å²) in [6.45, 7) is 0.966. The maximum atomic E-state index is 13.5. The third-order valence-corrected chi connectivity index (χ3v) is 4.72. The van der Waals surface area contributed by atoms with Gasteiger partial charge in [-0.05, 0) is 47.5 Å². The molecule has 0 unspecified atom stereocenters. The lowest BCUT2D eigenvalue weighted by Gasteiger charge is -2.10. The van der Waals surface area contributed by atoms with E-state index < -0.39 is 0 Å². The number of hydrogen-bond donors (Lipinski definition) is 0. The Labute approximate surface area is 163 Å². The predicted octanol–water partition coefficient (Wildman–Crippen LogP) is 4.31. The molecule has 4 aromatic rings. The number of aromatic nitrogens is 2. The van der Waals surface area contributed by atoms with E-state index in [-0.39, 0.29) is 5.78 Å². The minimum atomic E-state index is -0.0519. The van der Waals surface area contributed by atoms with Crippen molar-refractivity contribution in [1.29, 1.82) is 0 Å². The molecular formula is C23H20N2O3. The summed E-state index contributed by atoms with van der Waals surface area (Å²) in [5, 5.41) is 1.64. The third kappa shape index (κ3) is 3.38. The van der Waals surface area contributed by atoms with Crippen LogP contribution in [-0.2, 0) is 22.7 Å². The number of fused-ring (bicyclic) bond motifs is 2. The summed E-state index contributed by atoms with van der Waals surface area (Å²) in [5.41, 5.74) is 4.80. The minimum Gasteiger partial charge on any atom is -0.380 e. The van der Waals surface area contributed by atoms with Gasteiger partial charge in [0.2, 0.25) is 0 Å². The number of benzene rings is 2. The highest BCUT2D eigenvalue weighted by Crippen LogP contribution is 2.26. The number of hydrogen-bond acceptors (Lipinski definition) is 5. The van der Waals surface area contributed by atoms with Crippen molar-refractivity contribution in [2.45, 2.75) is 13.2 Å². The van der Waals surface area contributed by atoms with Crippen LogP contribution in [0.5, 0.6) is 0 Å². The van der Waals surface area contributed by atoms with Gasteiger partial charge in [0, 0.05) is 48.5 Å². The topological polar surface area (TPSA) is 61.3 Å². The fourth-order valence-electron chi connectivity index (χ4n) is 3.44. The molecule has 0 aliphatic carbocycles. The second-order valence-corrected chi connectivity index (χ2v) is 6.62. The van der Waals surface area contributed by atoms with Crippen LogP contribution < -0.4 is 0 Å². The number of methoxy groups -OCH3 is 2. The minimum absolute atomic E-state index is 0.0519. The predicted molar refractivity (Wildman–Crippen MR) is 108 cm³/mol. The standard InChI is InChI=1S/C23H20N2O3/c1-27-13-15-3-5-21-19(11-15)17(7-9-24-21)23(26)18-8-10-25-22-6-4-16(14-28-2)12-20(18)22/h3-12H,13-14H2,1-2H3. The lowest BCUT2D eigenvalue weighted by atomic mass is 9.96. The summed E-state index contributed by atoms with van der Waals surface area (Å²) >= 11 is 0. The van der Waals surface area contributed by atoms with Crippen molar-refractivity contribution in [3.05, 3.63) is 83.2 Å². The molecule has 0 saturated heterocycles. The van der Waals surface area contributed by atoms with E-state index in [2.05, 4.69) is 9.97 Å². The van der Waals surface area contributed by atoms with Gasteiger partial charge in [-0.2, -0.15) is 0 Å². The van der Waals surface area contributed by atoms with Crippen molar-refractivity contribution >= 4 is 27.6 Å². The average Bonchev–Trinajstić information content (AvgIpc) is 2.73. The Kier molecular flexibility index (Phi) is 5.10. The molecule has 0 amide bonds. The molecule has 0 N–H and O–H groups in total. The molecule has 0 radical (unpaired) electrons. The maximum absolute atomic E-state index is 13.5. The lowest BCUT2D eigenvalue weighted by molar-refractivity contribution is 0.104. The molecule has 0 atom stereocenters. The van der Waals surface area contributed by atoms with Crippen LogP contribution in [-0.4, -0.2) is 30.0 Å². The largest absolute Gasteiger partial charge is 0.380 e. The molecule has 2 aromatic heterocycles. The van der Waals surface area contributed by atoms with E-state index in [0.717, 1.165) is 32.9 Å². The number of nitrogens with zero attached hydrogens (tertiary/aromatic N) is 2. The Bertz CT molecular complexity index is 1080. The second-order valence-electron chi connectivity index (χ2n) is 6.62. The van der Waals surface area contributed by atoms with Gasteiger partial charge in [-0.3, -0.25) is 14.8 Å². The molecule has 5 nitrogen and oxygen atoms in total. The van der Waals surface area contributed by atoms with Gasteiger partial charge in [-0.25, -0.2) is 0 Å². The Morgan fingerprint density at radius 1 is 0.750 bits per heavy atom. The quantitative estimate of drug-likeness (QED) is 0.472. The van der Waals surface area contributed by atoms with Crippen LogP contribution in [0.4, 0.5) is 0 Å². The van der Waals surface area contributed by atoms with E-state index in [9.17, 15) is 4.79 Å². The van der Waals surface area contributed by atoms with E-state index in [1.54, 1.807) is 38.7 Å². The van der Waals surface area contributed by atoms with Gasteiger partial charge in [0.15, 0.2) is 5.78 Å². The number of ether oxygens (including phenoxy) is 2. The second kappa shape index (κ2) is 7.84. The van der Waals surface area contributed by atoms with Crippen molar-refractivity contribution in [3.63, 3.8) is 0 Å². The Morgan fingerprint density at radius 2 is 1.21 bits per heavy atom. The first-order valence-electron chi connectivity index (χ1n) is 8.99. The van der Waals surface area contributed by atoms with Crippen molar-refractivity contribution in [3.8, 4) is 0 Å². The Hall–Kier alpha value is -3.15. The number of rotatable bonds is 6. The SMILES string of the molecule is COCc1ccc2nccc(C(=O)c3ccnc4ccc(COC)cc34)c2c1. The first-order chi connectivity index (χ1) is 13.7. The van der Waals surface area contributed by atoms with Crippen LogP contribution in [0.25, 0.3) is 21.8 Å². The molecule has 5 heteroatoms. The van der Waals surface area contributed by atoms with Gasteiger partial charge < -0.3 is 9.47 Å². The maximum Gasteiger partial charge on any atom is 0.194 e. The number of ketones is 1. The molecule has 0 bridgehead atoms. The molecule has 28 heavy (non-hydrogen) atoms. The number of carbonyl (C=O) groups is 1. The number of carbonyl (C=O) groups excluding carboxylic acids is 1. The molecular weight excluding hydrogens is 352 g/mol. The van der Waals surface area contributed by atoms with E-state index in [1.165, 1.54) is 0 Å². The molecule has 0 spiro atoms. The van der Waals surface area contributed by atoms with Gasteiger partial charge in [0.1, 0.15) is 0 Å². The van der Waals surface area contributed by atoms with Crippen LogP contribution in [0.2, 0.25) is 0 Å². The monoisotopic (exact) mass is 372 g/mol. The molecule has 0 aliphatic rings. The first-order valence-corrected chi connectivity index (χ1v) is 8.99. The highest BCUT2D eigenvalue weighted by molar-refractivity contribution is 6.20. The molecule has 0 fully saturated rings. The molecule has 4 rings (SSSR count). The molecule has 0 aliphatic heterocycles. The van der Waals surface area contributed by atoms with Gasteiger partial charge in [-0.1, -0.05) is 12.1 Å². The summed E-state index contributed by atoms with van der Waals surface area (Å²) in [6, 6.07) is 15.2. The highest BCUT2D eigenvalue weighted by Gasteiger charge is 2.17. The first kappa shape index (κ1) is 18.2. The molecule has 0 saturated carbocycles. The van der Waals surface area contributed by atoms with Crippen LogP contribution in [0.1, 0.15) is 27.0 Å². The van der Waals surface area contributed by atoms with Crippen molar-refractivity contribution < 1.29 is 14.3 Å². The van der Waals surface area contributed by atoms with Gasteiger partial charge in [0.25, 0.3) is 0 Å². The molecule has 2 aromatic carbocycles. The van der Waals surface area contributed by atoms with Crippen molar-refractivity contribution in [1.82, 2.24) is 9.97 Å². The van der Waals surface area contributed by atoms with Crippen LogP contribution >= 0.6 is 0 Å². The zero-order valence-corrected chi connectivity index (χ0v) is 15.8. The zero-order valence-electron chi connectivity index (χ0n) is 15.8. The van der Waals surface area contributed by atoms with Gasteiger partial charge >= 0.3 is 0 Å². The van der Waals surface area contributed by atoms with Crippen LogP contribution in [0.15, 0.2) is 60.9 Å². The highest BCUT2D eigenvalue weighted by atomic mass is 16.5. The van der Waals surface area contributed by atoms with E-state index in [1.807, 2.05) is 36.4 Å². The van der Waals surface area contributed by atoms with E-state index >= 15 is 0 Å². The van der Waals surface area contributed by atoms with Crippen LogP contribution in [0.3, 0.4) is 0 Å². The summed E-state index contributed by atoms with van der Waals surface area (Å²) in [6.07, 6.45) is 3.34. The summed E-state index contributed by atoms with van der Waals surface area (Å²) in [4.78, 5) is 22.3. The smallest absolute Gasteiger partial charge is 0.194 e. The summed E-state index contributed by atoms with van der Waals surface area (Å²) in [5.74, 6) is -0.0519. The Balaban J connectivity index is 1.87. The normalized spacial score (nSPS) is 11.2. The summed E-state index contributed by atoms with van der Waals surface area (Å²) < 4.78 is 10.5.